The Morgan fingerprint density at radius 3 is 2.88 bits per heavy atom. The van der Waals surface area contributed by atoms with Gasteiger partial charge in [0.05, 0.1) is 12.3 Å². The first-order valence-electron chi connectivity index (χ1n) is 8.28. The number of anilines is 1. The van der Waals surface area contributed by atoms with Gasteiger partial charge in [0.25, 0.3) is 0 Å². The number of carbonyl (C=O) groups excluding carboxylic acids is 1. The fourth-order valence-corrected chi connectivity index (χ4v) is 2.24. The number of nitrogens with one attached hydrogen (secondary N) is 2. The second-order valence-electron chi connectivity index (χ2n) is 5.87. The van der Waals surface area contributed by atoms with Crippen LogP contribution in [0.4, 0.5) is 10.5 Å². The highest BCUT2D eigenvalue weighted by atomic mass is 16.5. The van der Waals surface area contributed by atoms with E-state index in [0.717, 1.165) is 29.8 Å². The summed E-state index contributed by atoms with van der Waals surface area (Å²) in [4.78, 5) is 12.0. The van der Waals surface area contributed by atoms with Crippen LogP contribution in [0.25, 0.3) is 0 Å². The number of aryl methyl sites for hydroxylation is 1. The van der Waals surface area contributed by atoms with Gasteiger partial charge in [-0.25, -0.2) is 4.79 Å². The van der Waals surface area contributed by atoms with E-state index in [1.54, 1.807) is 0 Å². The molecule has 0 aliphatic carbocycles. The zero-order valence-corrected chi connectivity index (χ0v) is 14.8. The molecule has 0 radical (unpaired) electrons. The van der Waals surface area contributed by atoms with Gasteiger partial charge in [-0.15, -0.1) is 0 Å². The first-order chi connectivity index (χ1) is 11.5. The van der Waals surface area contributed by atoms with Crippen LogP contribution in [0.15, 0.2) is 30.5 Å². The Kier molecular flexibility index (Phi) is 6.23. The van der Waals surface area contributed by atoms with Crippen molar-refractivity contribution in [2.75, 3.05) is 11.9 Å². The molecule has 0 saturated heterocycles. The van der Waals surface area contributed by atoms with Gasteiger partial charge in [0, 0.05) is 31.0 Å². The average Bonchev–Trinajstić information content (AvgIpc) is 2.87. The minimum absolute atomic E-state index is 0.150. The Morgan fingerprint density at radius 2 is 2.21 bits per heavy atom. The minimum Gasteiger partial charge on any atom is -0.491 e. The van der Waals surface area contributed by atoms with E-state index in [0.29, 0.717) is 12.2 Å². The highest BCUT2D eigenvalue weighted by Crippen LogP contribution is 2.19. The maximum Gasteiger partial charge on any atom is 0.319 e. The van der Waals surface area contributed by atoms with E-state index in [4.69, 9.17) is 4.74 Å². The van der Waals surface area contributed by atoms with E-state index in [1.807, 2.05) is 56.0 Å². The number of hydrogen-bond acceptors (Lipinski definition) is 3. The lowest BCUT2D eigenvalue weighted by atomic mass is 10.2. The molecule has 1 atom stereocenters. The molecule has 2 amide bonds. The summed E-state index contributed by atoms with van der Waals surface area (Å²) in [7, 11) is 1.91. The summed E-state index contributed by atoms with van der Waals surface area (Å²) in [5.74, 6) is 0.758. The van der Waals surface area contributed by atoms with Gasteiger partial charge in [-0.3, -0.25) is 4.68 Å². The van der Waals surface area contributed by atoms with Crippen molar-refractivity contribution >= 4 is 11.7 Å². The van der Waals surface area contributed by atoms with Gasteiger partial charge in [0.15, 0.2) is 0 Å². The van der Waals surface area contributed by atoms with E-state index >= 15 is 0 Å². The number of nitrogens with zero attached hydrogens (tertiary/aromatic N) is 2. The van der Waals surface area contributed by atoms with Crippen molar-refractivity contribution in [3.8, 4) is 5.75 Å². The maximum atomic E-state index is 12.0. The molecule has 0 aliphatic heterocycles. The summed E-state index contributed by atoms with van der Waals surface area (Å²) in [5.41, 5.74) is 2.97. The Labute approximate surface area is 143 Å². The topological polar surface area (TPSA) is 68.2 Å². The molecule has 0 aliphatic rings. The Balaban J connectivity index is 1.81. The molecule has 0 unspecified atom stereocenters. The summed E-state index contributed by atoms with van der Waals surface area (Å²) >= 11 is 0. The predicted octanol–water partition coefficient (Wildman–Crippen LogP) is 3.27. The number of hydrogen-bond donors (Lipinski definition) is 2. The molecule has 2 N–H and O–H groups in total. The molecular formula is C18H26N4O2. The summed E-state index contributed by atoms with van der Waals surface area (Å²) in [6.07, 6.45) is 3.68. The average molecular weight is 330 g/mol. The van der Waals surface area contributed by atoms with E-state index < -0.39 is 0 Å². The molecule has 2 aromatic rings. The van der Waals surface area contributed by atoms with Crippen LogP contribution >= 0.6 is 0 Å². The second kappa shape index (κ2) is 8.38. The lowest BCUT2D eigenvalue weighted by Gasteiger charge is -2.14. The molecule has 6 nitrogen and oxygen atoms in total. The molecule has 0 spiro atoms. The zero-order valence-electron chi connectivity index (χ0n) is 14.8. The summed E-state index contributed by atoms with van der Waals surface area (Å²) in [5, 5.41) is 9.88. The molecule has 1 heterocycles. The normalized spacial score (nSPS) is 11.8. The van der Waals surface area contributed by atoms with Gasteiger partial charge in [0.1, 0.15) is 5.75 Å². The van der Waals surface area contributed by atoms with E-state index in [9.17, 15) is 4.79 Å². The predicted molar refractivity (Wildman–Crippen MR) is 95.5 cm³/mol. The van der Waals surface area contributed by atoms with Crippen LogP contribution in [0.2, 0.25) is 0 Å². The van der Waals surface area contributed by atoms with Gasteiger partial charge in [0.2, 0.25) is 0 Å². The van der Waals surface area contributed by atoms with Crippen molar-refractivity contribution in [1.29, 1.82) is 0 Å². The summed E-state index contributed by atoms with van der Waals surface area (Å²) in [6, 6.07) is 7.20. The van der Waals surface area contributed by atoms with Crippen molar-refractivity contribution in [2.24, 2.45) is 7.05 Å². The first-order valence-corrected chi connectivity index (χ1v) is 8.28. The molecule has 24 heavy (non-hydrogen) atoms. The molecule has 1 aromatic heterocycles. The van der Waals surface area contributed by atoms with E-state index in [2.05, 4.69) is 22.7 Å². The number of amides is 2. The third kappa shape index (κ3) is 5.01. The molecular weight excluding hydrogens is 304 g/mol. The number of carbonyl (C=O) groups is 1. The molecule has 0 bridgehead atoms. The molecule has 1 aromatic carbocycles. The van der Waals surface area contributed by atoms with E-state index in [-0.39, 0.29) is 12.1 Å². The van der Waals surface area contributed by atoms with Crippen molar-refractivity contribution in [3.63, 3.8) is 0 Å². The Morgan fingerprint density at radius 1 is 1.42 bits per heavy atom. The van der Waals surface area contributed by atoms with Crippen LogP contribution in [-0.4, -0.2) is 28.5 Å². The lowest BCUT2D eigenvalue weighted by molar-refractivity contribution is 0.217. The highest BCUT2D eigenvalue weighted by Gasteiger charge is 2.07. The lowest BCUT2D eigenvalue weighted by Crippen LogP contribution is -2.30. The highest BCUT2D eigenvalue weighted by molar-refractivity contribution is 5.89. The van der Waals surface area contributed by atoms with Crippen LogP contribution in [0.3, 0.4) is 0 Å². The van der Waals surface area contributed by atoms with Gasteiger partial charge < -0.3 is 15.4 Å². The maximum absolute atomic E-state index is 12.0. The zero-order chi connectivity index (χ0) is 17.5. The first kappa shape index (κ1) is 17.8. The molecule has 6 heteroatoms. The van der Waals surface area contributed by atoms with Crippen molar-refractivity contribution < 1.29 is 9.53 Å². The van der Waals surface area contributed by atoms with Gasteiger partial charge in [-0.1, -0.05) is 13.0 Å². The van der Waals surface area contributed by atoms with Crippen LogP contribution in [0.5, 0.6) is 5.75 Å². The third-order valence-electron chi connectivity index (χ3n) is 4.02. The SMILES string of the molecule is CC[C@@H](C)Oc1cccc(NC(=O)NCCc2cnn(C)c2C)c1. The number of benzene rings is 1. The summed E-state index contributed by atoms with van der Waals surface area (Å²) < 4.78 is 7.59. The Hall–Kier alpha value is -2.50. The quantitative estimate of drug-likeness (QED) is 0.819. The summed E-state index contributed by atoms with van der Waals surface area (Å²) in [6.45, 7) is 6.67. The standard InChI is InChI=1S/C18H26N4O2/c1-5-13(2)24-17-8-6-7-16(11-17)21-18(23)19-10-9-15-12-20-22(4)14(15)3/h6-8,11-13H,5,9-10H2,1-4H3,(H2,19,21,23)/t13-/m1/s1. The fourth-order valence-electron chi connectivity index (χ4n) is 2.24. The Bertz CT molecular complexity index is 681. The van der Waals surface area contributed by atoms with Crippen molar-refractivity contribution in [1.82, 2.24) is 15.1 Å². The fraction of sp³-hybridized carbons (Fsp3) is 0.444. The number of rotatable bonds is 7. The third-order valence-corrected chi connectivity index (χ3v) is 4.02. The second-order valence-corrected chi connectivity index (χ2v) is 5.87. The van der Waals surface area contributed by atoms with Crippen molar-refractivity contribution in [2.45, 2.75) is 39.7 Å². The molecule has 130 valence electrons. The molecule has 2 rings (SSSR count). The van der Waals surface area contributed by atoms with Gasteiger partial charge in [-0.2, -0.15) is 5.10 Å². The number of aromatic nitrogens is 2. The molecule has 0 saturated carbocycles. The van der Waals surface area contributed by atoms with Crippen molar-refractivity contribution in [3.05, 3.63) is 41.7 Å². The number of ether oxygens (including phenoxy) is 1. The van der Waals surface area contributed by atoms with Crippen LogP contribution in [-0.2, 0) is 13.5 Å². The van der Waals surface area contributed by atoms with Gasteiger partial charge in [-0.05, 0) is 44.4 Å². The smallest absolute Gasteiger partial charge is 0.319 e. The van der Waals surface area contributed by atoms with Crippen LogP contribution < -0.4 is 15.4 Å². The van der Waals surface area contributed by atoms with Crippen LogP contribution in [0, 0.1) is 6.92 Å². The largest absolute Gasteiger partial charge is 0.491 e. The molecule has 0 fully saturated rings. The monoisotopic (exact) mass is 330 g/mol. The number of urea groups is 1. The van der Waals surface area contributed by atoms with Crippen LogP contribution in [0.1, 0.15) is 31.5 Å². The van der Waals surface area contributed by atoms with Gasteiger partial charge >= 0.3 is 6.03 Å². The minimum atomic E-state index is -0.225. The van der Waals surface area contributed by atoms with E-state index in [1.165, 1.54) is 0 Å².